The molecule has 2 aliphatic heterocycles. The molecule has 2 aliphatic rings. The third-order valence-electron chi connectivity index (χ3n) is 7.06. The van der Waals surface area contributed by atoms with Gasteiger partial charge >= 0.3 is 0 Å². The molecule has 37 heavy (non-hydrogen) atoms. The Hall–Kier alpha value is -3.23. The zero-order valence-electron chi connectivity index (χ0n) is 20.9. The van der Waals surface area contributed by atoms with Gasteiger partial charge in [-0.2, -0.15) is 0 Å². The highest BCUT2D eigenvalue weighted by Crippen LogP contribution is 2.34. The topological polar surface area (TPSA) is 59.1 Å². The van der Waals surface area contributed by atoms with Gasteiger partial charge in [0.15, 0.2) is 0 Å². The van der Waals surface area contributed by atoms with E-state index in [2.05, 4.69) is 0 Å². The summed E-state index contributed by atoms with van der Waals surface area (Å²) in [5.41, 5.74) is 2.52. The smallest absolute Gasteiger partial charge is 0.254 e. The summed E-state index contributed by atoms with van der Waals surface area (Å²) >= 11 is 1.67. The van der Waals surface area contributed by atoms with Gasteiger partial charge in [-0.1, -0.05) is 24.3 Å². The lowest BCUT2D eigenvalue weighted by Gasteiger charge is -2.37. The SMILES string of the molecule is Cc1ccccc1C(=O)N(CC(=O)N1CCc2sccc2[C@@H]1COc1cccc(F)c1)C[C@@H]1CCCO1. The van der Waals surface area contributed by atoms with Crippen LogP contribution >= 0.6 is 11.3 Å². The summed E-state index contributed by atoms with van der Waals surface area (Å²) < 4.78 is 25.5. The zero-order valence-corrected chi connectivity index (χ0v) is 21.7. The van der Waals surface area contributed by atoms with Crippen molar-refractivity contribution in [2.45, 2.75) is 38.3 Å². The lowest BCUT2D eigenvalue weighted by Crippen LogP contribution is -2.49. The molecule has 0 unspecified atom stereocenters. The van der Waals surface area contributed by atoms with Crippen LogP contribution in [0, 0.1) is 12.7 Å². The minimum atomic E-state index is -0.371. The van der Waals surface area contributed by atoms with E-state index in [0.29, 0.717) is 31.0 Å². The largest absolute Gasteiger partial charge is 0.491 e. The average molecular weight is 523 g/mol. The van der Waals surface area contributed by atoms with Crippen molar-refractivity contribution in [1.82, 2.24) is 9.80 Å². The third kappa shape index (κ3) is 5.86. The molecule has 0 spiro atoms. The van der Waals surface area contributed by atoms with Crippen LogP contribution < -0.4 is 4.74 Å². The van der Waals surface area contributed by atoms with Crippen LogP contribution in [0.25, 0.3) is 0 Å². The normalized spacial score (nSPS) is 18.9. The molecule has 2 aromatic carbocycles. The van der Waals surface area contributed by atoms with Crippen LogP contribution in [0.1, 0.15) is 45.2 Å². The molecule has 0 bridgehead atoms. The second kappa shape index (κ2) is 11.4. The van der Waals surface area contributed by atoms with Crippen LogP contribution in [-0.4, -0.2) is 60.6 Å². The highest BCUT2D eigenvalue weighted by atomic mass is 32.1. The van der Waals surface area contributed by atoms with Gasteiger partial charge < -0.3 is 19.3 Å². The van der Waals surface area contributed by atoms with Gasteiger partial charge in [0.25, 0.3) is 5.91 Å². The Morgan fingerprint density at radius 2 is 2.05 bits per heavy atom. The fourth-order valence-corrected chi connectivity index (χ4v) is 6.03. The molecule has 0 saturated carbocycles. The maximum atomic E-state index is 13.8. The number of carbonyl (C=O) groups excluding carboxylic acids is 2. The van der Waals surface area contributed by atoms with Gasteiger partial charge in [-0.3, -0.25) is 9.59 Å². The van der Waals surface area contributed by atoms with Gasteiger partial charge in [-0.15, -0.1) is 11.3 Å². The van der Waals surface area contributed by atoms with Gasteiger partial charge in [-0.05, 0) is 67.0 Å². The molecule has 8 heteroatoms. The molecule has 1 aromatic heterocycles. The van der Waals surface area contributed by atoms with Crippen molar-refractivity contribution in [2.24, 2.45) is 0 Å². The Morgan fingerprint density at radius 3 is 2.84 bits per heavy atom. The standard InChI is InChI=1S/C29H31FN2O4S/c1-20-6-2-3-10-24(20)29(34)31(17-23-9-5-14-35-23)18-28(33)32-13-11-27-25(12-15-37-27)26(32)19-36-22-8-4-7-21(30)16-22/h2-4,6-8,10,12,15-16,23,26H,5,9,11,13-14,17-19H2,1H3/t23-,26-/m0/s1. The number of rotatable bonds is 8. The van der Waals surface area contributed by atoms with Gasteiger partial charge in [0.2, 0.25) is 5.91 Å². The number of aryl methyl sites for hydroxylation is 1. The number of thiophene rings is 1. The van der Waals surface area contributed by atoms with E-state index in [1.807, 2.05) is 41.5 Å². The average Bonchev–Trinajstić information content (AvgIpc) is 3.59. The molecule has 0 radical (unpaired) electrons. The number of halogens is 1. The van der Waals surface area contributed by atoms with Crippen LogP contribution in [0.5, 0.6) is 5.75 Å². The number of ether oxygens (including phenoxy) is 2. The monoisotopic (exact) mass is 522 g/mol. The number of hydrogen-bond acceptors (Lipinski definition) is 5. The van der Waals surface area contributed by atoms with E-state index in [-0.39, 0.29) is 42.9 Å². The predicted molar refractivity (Wildman–Crippen MR) is 140 cm³/mol. The van der Waals surface area contributed by atoms with Crippen molar-refractivity contribution in [3.8, 4) is 5.75 Å². The first-order chi connectivity index (χ1) is 18.0. The molecular formula is C29H31FN2O4S. The number of benzene rings is 2. The molecule has 2 atom stereocenters. The minimum Gasteiger partial charge on any atom is -0.491 e. The molecule has 2 amide bonds. The summed E-state index contributed by atoms with van der Waals surface area (Å²) in [6.45, 7) is 3.66. The van der Waals surface area contributed by atoms with Crippen LogP contribution in [0.2, 0.25) is 0 Å². The number of fused-ring (bicyclic) bond motifs is 1. The van der Waals surface area contributed by atoms with Gasteiger partial charge in [-0.25, -0.2) is 4.39 Å². The molecule has 3 aromatic rings. The highest BCUT2D eigenvalue weighted by Gasteiger charge is 2.34. The summed E-state index contributed by atoms with van der Waals surface area (Å²) in [5, 5.41) is 2.03. The molecule has 0 aliphatic carbocycles. The van der Waals surface area contributed by atoms with Crippen LogP contribution in [0.4, 0.5) is 4.39 Å². The van der Waals surface area contributed by atoms with E-state index in [0.717, 1.165) is 30.4 Å². The fourth-order valence-electron chi connectivity index (χ4n) is 5.10. The second-order valence-electron chi connectivity index (χ2n) is 9.56. The number of nitrogens with zero attached hydrogens (tertiary/aromatic N) is 2. The molecule has 1 saturated heterocycles. The Balaban J connectivity index is 1.36. The molecule has 194 valence electrons. The van der Waals surface area contributed by atoms with Crippen molar-refractivity contribution in [2.75, 3.05) is 32.8 Å². The maximum Gasteiger partial charge on any atom is 0.254 e. The van der Waals surface area contributed by atoms with Crippen molar-refractivity contribution in [1.29, 1.82) is 0 Å². The summed E-state index contributed by atoms with van der Waals surface area (Å²) in [6.07, 6.45) is 2.51. The van der Waals surface area contributed by atoms with Gasteiger partial charge in [0, 0.05) is 36.2 Å². The first-order valence-electron chi connectivity index (χ1n) is 12.7. The van der Waals surface area contributed by atoms with E-state index in [1.165, 1.54) is 17.0 Å². The van der Waals surface area contributed by atoms with Gasteiger partial charge in [0.05, 0.1) is 12.1 Å². The van der Waals surface area contributed by atoms with E-state index < -0.39 is 0 Å². The molecule has 5 rings (SSSR count). The molecule has 1 fully saturated rings. The first kappa shape index (κ1) is 25.4. The Kier molecular flexibility index (Phi) is 7.86. The maximum absolute atomic E-state index is 13.8. The summed E-state index contributed by atoms with van der Waals surface area (Å²) in [5.74, 6) is -0.248. The summed E-state index contributed by atoms with van der Waals surface area (Å²) in [4.78, 5) is 32.1. The fraction of sp³-hybridized carbons (Fsp3) is 0.379. The Morgan fingerprint density at radius 1 is 1.19 bits per heavy atom. The Labute approximate surface area is 220 Å². The lowest BCUT2D eigenvalue weighted by molar-refractivity contribution is -0.135. The van der Waals surface area contributed by atoms with Crippen molar-refractivity contribution < 1.29 is 23.5 Å². The van der Waals surface area contributed by atoms with Crippen molar-refractivity contribution in [3.05, 3.63) is 87.4 Å². The lowest BCUT2D eigenvalue weighted by atomic mass is 10.00. The van der Waals surface area contributed by atoms with Crippen LogP contribution in [0.15, 0.2) is 60.0 Å². The van der Waals surface area contributed by atoms with Crippen LogP contribution in [-0.2, 0) is 16.0 Å². The number of hydrogen-bond donors (Lipinski definition) is 0. The number of carbonyl (C=O) groups is 2. The van der Waals surface area contributed by atoms with Gasteiger partial charge in [0.1, 0.15) is 24.7 Å². The van der Waals surface area contributed by atoms with E-state index in [4.69, 9.17) is 9.47 Å². The predicted octanol–water partition coefficient (Wildman–Crippen LogP) is 5.02. The van der Waals surface area contributed by atoms with E-state index in [1.54, 1.807) is 34.4 Å². The zero-order chi connectivity index (χ0) is 25.8. The quantitative estimate of drug-likeness (QED) is 0.417. The van der Waals surface area contributed by atoms with Crippen molar-refractivity contribution >= 4 is 23.2 Å². The van der Waals surface area contributed by atoms with E-state index in [9.17, 15) is 14.0 Å². The summed E-state index contributed by atoms with van der Waals surface area (Å²) in [6, 6.07) is 15.2. The summed E-state index contributed by atoms with van der Waals surface area (Å²) in [7, 11) is 0. The van der Waals surface area contributed by atoms with E-state index >= 15 is 0 Å². The first-order valence-corrected chi connectivity index (χ1v) is 13.6. The molecule has 6 nitrogen and oxygen atoms in total. The molecule has 3 heterocycles. The molecule has 0 N–H and O–H groups in total. The van der Waals surface area contributed by atoms with Crippen molar-refractivity contribution in [3.63, 3.8) is 0 Å². The molecular weight excluding hydrogens is 491 g/mol. The number of amides is 2. The second-order valence-corrected chi connectivity index (χ2v) is 10.6. The van der Waals surface area contributed by atoms with Crippen LogP contribution in [0.3, 0.4) is 0 Å². The Bertz CT molecular complexity index is 1260. The third-order valence-corrected chi connectivity index (χ3v) is 8.05. The minimum absolute atomic E-state index is 0.0387. The highest BCUT2D eigenvalue weighted by molar-refractivity contribution is 7.10.